The van der Waals surface area contributed by atoms with Crippen molar-refractivity contribution < 1.29 is 9.53 Å². The second-order valence-electron chi connectivity index (χ2n) is 7.86. The highest BCUT2D eigenvalue weighted by Crippen LogP contribution is 2.31. The van der Waals surface area contributed by atoms with Crippen LogP contribution < -0.4 is 5.32 Å². The predicted molar refractivity (Wildman–Crippen MR) is 118 cm³/mol. The molecule has 0 aromatic carbocycles. The van der Waals surface area contributed by atoms with Gasteiger partial charge in [0.1, 0.15) is 18.7 Å². The summed E-state index contributed by atoms with van der Waals surface area (Å²) in [5.41, 5.74) is 6.00. The molecule has 0 aliphatic carbocycles. The molecule has 0 bridgehead atoms. The zero-order valence-corrected chi connectivity index (χ0v) is 18.2. The highest BCUT2D eigenvalue weighted by atomic mass is 16.5. The van der Waals surface area contributed by atoms with Gasteiger partial charge in [-0.1, -0.05) is 6.08 Å². The number of carbonyl (C=O) groups excluding carboxylic acids is 1. The molecule has 3 aromatic rings. The van der Waals surface area contributed by atoms with E-state index in [0.29, 0.717) is 5.82 Å². The van der Waals surface area contributed by atoms with Crippen LogP contribution in [-0.4, -0.2) is 42.8 Å². The van der Waals surface area contributed by atoms with Crippen LogP contribution in [0.25, 0.3) is 16.7 Å². The van der Waals surface area contributed by atoms with E-state index in [4.69, 9.17) is 4.74 Å². The summed E-state index contributed by atoms with van der Waals surface area (Å²) in [6.45, 7) is 8.23. The van der Waals surface area contributed by atoms with Crippen LogP contribution >= 0.6 is 0 Å². The van der Waals surface area contributed by atoms with Crippen LogP contribution in [0.2, 0.25) is 0 Å². The molecule has 2 atom stereocenters. The molecule has 1 amide bonds. The zero-order valence-electron chi connectivity index (χ0n) is 18.2. The minimum absolute atomic E-state index is 0.0701. The number of nitrogens with one attached hydrogen (secondary N) is 1. The Bertz CT molecular complexity index is 1110. The van der Waals surface area contributed by atoms with E-state index in [1.807, 2.05) is 26.8 Å². The molecule has 0 radical (unpaired) electrons. The number of hydrogen-bond donors (Lipinski definition) is 1. The van der Waals surface area contributed by atoms with Gasteiger partial charge in [0.05, 0.1) is 17.9 Å². The van der Waals surface area contributed by atoms with Crippen molar-refractivity contribution >= 4 is 17.3 Å². The van der Waals surface area contributed by atoms with Gasteiger partial charge >= 0.3 is 0 Å². The molecule has 1 N–H and O–H groups in total. The predicted octanol–water partition coefficient (Wildman–Crippen LogP) is 3.57. The number of aromatic nitrogens is 5. The monoisotopic (exact) mass is 418 g/mol. The van der Waals surface area contributed by atoms with Crippen LogP contribution in [0.15, 0.2) is 43.1 Å². The third-order valence-corrected chi connectivity index (χ3v) is 5.31. The number of nitrogens with zero attached hydrogens (tertiary/aromatic N) is 5. The Hall–Kier alpha value is -3.39. The highest BCUT2D eigenvalue weighted by molar-refractivity contribution is 5.89. The van der Waals surface area contributed by atoms with Crippen LogP contribution in [0.3, 0.4) is 0 Å². The smallest absolute Gasteiger partial charge is 0.247 e. The number of anilines is 1. The van der Waals surface area contributed by atoms with Gasteiger partial charge in [-0.2, -0.15) is 5.10 Å². The van der Waals surface area contributed by atoms with E-state index in [-0.39, 0.29) is 24.7 Å². The van der Waals surface area contributed by atoms with Crippen molar-refractivity contribution in [1.82, 2.24) is 24.7 Å². The largest absolute Gasteiger partial charge is 0.371 e. The van der Waals surface area contributed by atoms with Crippen molar-refractivity contribution in [2.24, 2.45) is 0 Å². The van der Waals surface area contributed by atoms with E-state index >= 15 is 0 Å². The normalized spacial score (nSPS) is 18.5. The molecule has 8 nitrogen and oxygen atoms in total. The summed E-state index contributed by atoms with van der Waals surface area (Å²) in [4.78, 5) is 25.0. The number of hydrogen-bond acceptors (Lipinski definition) is 6. The number of pyridine rings is 1. The van der Waals surface area contributed by atoms with E-state index in [1.165, 1.54) is 11.9 Å². The molecule has 8 heteroatoms. The Morgan fingerprint density at radius 2 is 1.94 bits per heavy atom. The Balaban J connectivity index is 1.46. The first kappa shape index (κ1) is 20.9. The molecular formula is C23H26N6O2. The molecule has 0 fully saturated rings. The summed E-state index contributed by atoms with van der Waals surface area (Å²) in [7, 11) is 0. The van der Waals surface area contributed by atoms with Crippen LogP contribution in [0.5, 0.6) is 0 Å². The lowest BCUT2D eigenvalue weighted by molar-refractivity contribution is -0.117. The molecule has 1 aliphatic rings. The summed E-state index contributed by atoms with van der Waals surface area (Å²) >= 11 is 0. The molecule has 2 unspecified atom stereocenters. The van der Waals surface area contributed by atoms with Crippen molar-refractivity contribution in [1.29, 1.82) is 0 Å². The molecular weight excluding hydrogens is 392 g/mol. The van der Waals surface area contributed by atoms with Gasteiger partial charge in [-0.25, -0.2) is 15.0 Å². The average Bonchev–Trinajstić information content (AvgIpc) is 3.01. The fraction of sp³-hybridized carbons (Fsp3) is 0.348. The Morgan fingerprint density at radius 3 is 2.61 bits per heavy atom. The van der Waals surface area contributed by atoms with E-state index in [0.717, 1.165) is 34.5 Å². The second-order valence-corrected chi connectivity index (χ2v) is 7.86. The Kier molecular flexibility index (Phi) is 5.90. The van der Waals surface area contributed by atoms with Gasteiger partial charge in [0, 0.05) is 41.0 Å². The summed E-state index contributed by atoms with van der Waals surface area (Å²) in [5, 5.41) is 7.45. The summed E-state index contributed by atoms with van der Waals surface area (Å²) in [6, 6.07) is 3.64. The molecule has 0 saturated heterocycles. The van der Waals surface area contributed by atoms with Gasteiger partial charge in [-0.15, -0.1) is 0 Å². The van der Waals surface area contributed by atoms with E-state index in [1.54, 1.807) is 29.3 Å². The average molecular weight is 419 g/mol. The maximum absolute atomic E-state index is 12.6. The van der Waals surface area contributed by atoms with E-state index in [9.17, 15) is 4.79 Å². The van der Waals surface area contributed by atoms with Gasteiger partial charge in [0.15, 0.2) is 0 Å². The summed E-state index contributed by atoms with van der Waals surface area (Å²) < 4.78 is 7.56. The Labute approximate surface area is 181 Å². The molecule has 31 heavy (non-hydrogen) atoms. The van der Waals surface area contributed by atoms with Gasteiger partial charge in [0.2, 0.25) is 5.91 Å². The maximum atomic E-state index is 12.6. The van der Waals surface area contributed by atoms with Crippen molar-refractivity contribution in [3.05, 3.63) is 60.1 Å². The van der Waals surface area contributed by atoms with Gasteiger partial charge in [-0.05, 0) is 51.8 Å². The maximum Gasteiger partial charge on any atom is 0.247 e. The lowest BCUT2D eigenvalue weighted by Gasteiger charge is -2.25. The molecule has 4 rings (SSSR count). The first-order valence-electron chi connectivity index (χ1n) is 10.3. The first-order chi connectivity index (χ1) is 14.9. The van der Waals surface area contributed by atoms with Crippen molar-refractivity contribution in [3.8, 4) is 11.1 Å². The molecule has 160 valence electrons. The molecule has 0 saturated carbocycles. The third kappa shape index (κ3) is 4.69. The number of aryl methyl sites for hydroxylation is 1. The molecule has 1 aliphatic heterocycles. The van der Waals surface area contributed by atoms with Crippen molar-refractivity contribution in [2.45, 2.75) is 52.9 Å². The SMILES string of the molecule is Cc1nn(CC(=O)Nc2ccc(-c3cncnc3)cn2)c(C)c1C1=CC(C)OC(C)C1. The van der Waals surface area contributed by atoms with Crippen LogP contribution in [0.4, 0.5) is 5.82 Å². The van der Waals surface area contributed by atoms with Crippen LogP contribution in [0.1, 0.15) is 37.2 Å². The summed E-state index contributed by atoms with van der Waals surface area (Å²) in [6.07, 6.45) is 9.83. The fourth-order valence-electron chi connectivity index (χ4n) is 4.02. The number of ether oxygens (including phenoxy) is 1. The van der Waals surface area contributed by atoms with E-state index < -0.39 is 0 Å². The first-order valence-corrected chi connectivity index (χ1v) is 10.3. The highest BCUT2D eigenvalue weighted by Gasteiger charge is 2.23. The molecule has 4 heterocycles. The minimum atomic E-state index is -0.178. The number of amides is 1. The zero-order chi connectivity index (χ0) is 22.0. The Morgan fingerprint density at radius 1 is 1.16 bits per heavy atom. The topological polar surface area (TPSA) is 94.8 Å². The third-order valence-electron chi connectivity index (χ3n) is 5.31. The lowest BCUT2D eigenvalue weighted by atomic mass is 9.95. The van der Waals surface area contributed by atoms with Crippen molar-refractivity contribution in [2.75, 3.05) is 5.32 Å². The van der Waals surface area contributed by atoms with E-state index in [2.05, 4.69) is 38.4 Å². The van der Waals surface area contributed by atoms with Gasteiger partial charge in [0.25, 0.3) is 0 Å². The van der Waals surface area contributed by atoms with Gasteiger partial charge in [-0.3, -0.25) is 9.48 Å². The quantitative estimate of drug-likeness (QED) is 0.681. The lowest BCUT2D eigenvalue weighted by Crippen LogP contribution is -2.22. The second kappa shape index (κ2) is 8.77. The van der Waals surface area contributed by atoms with Crippen molar-refractivity contribution in [3.63, 3.8) is 0 Å². The number of carbonyl (C=O) groups is 1. The minimum Gasteiger partial charge on any atom is -0.371 e. The van der Waals surface area contributed by atoms with Crippen LogP contribution in [0, 0.1) is 13.8 Å². The molecule has 3 aromatic heterocycles. The van der Waals surface area contributed by atoms with Gasteiger partial charge < -0.3 is 10.1 Å². The standard InChI is InChI=1S/C23H26N6O2/c1-14-7-19(8-15(2)31-14)23-16(3)28-29(17(23)4)12-22(30)27-21-6-5-18(11-26-21)20-9-24-13-25-10-20/h5-7,9-11,13-15H,8,12H2,1-4H3,(H,26,27,30). The van der Waals surface area contributed by atoms with Crippen LogP contribution in [-0.2, 0) is 16.1 Å². The fourth-order valence-corrected chi connectivity index (χ4v) is 4.02. The number of rotatable bonds is 5. The molecule has 0 spiro atoms. The summed E-state index contributed by atoms with van der Waals surface area (Å²) in [5.74, 6) is 0.310.